The quantitative estimate of drug-likeness (QED) is 0.293. The van der Waals surface area contributed by atoms with E-state index in [0.29, 0.717) is 16.4 Å². The first-order valence-corrected chi connectivity index (χ1v) is 11.1. The molecule has 0 saturated carbocycles. The summed E-state index contributed by atoms with van der Waals surface area (Å²) in [6, 6.07) is 14.5. The molecule has 0 aliphatic rings. The first-order valence-electron chi connectivity index (χ1n) is 10.2. The average molecular weight is 455 g/mol. The van der Waals surface area contributed by atoms with Crippen molar-refractivity contribution in [2.24, 2.45) is 0 Å². The molecule has 1 heterocycles. The summed E-state index contributed by atoms with van der Waals surface area (Å²) in [5.41, 5.74) is 1.82. The zero-order valence-electron chi connectivity index (χ0n) is 18.5. The maximum Gasteiger partial charge on any atom is 0.274 e. The van der Waals surface area contributed by atoms with Crippen molar-refractivity contribution in [3.63, 3.8) is 0 Å². The summed E-state index contributed by atoms with van der Waals surface area (Å²) < 4.78 is 1.98. The van der Waals surface area contributed by atoms with E-state index >= 15 is 0 Å². The normalized spacial score (nSPS) is 12.0. The van der Waals surface area contributed by atoms with Crippen LogP contribution >= 0.6 is 11.8 Å². The van der Waals surface area contributed by atoms with Crippen LogP contribution in [-0.2, 0) is 4.79 Å². The number of nitrogens with zero attached hydrogens (tertiary/aromatic N) is 5. The van der Waals surface area contributed by atoms with Crippen LogP contribution in [0.3, 0.4) is 0 Å². The van der Waals surface area contributed by atoms with E-state index in [1.807, 2.05) is 49.0 Å². The standard InChI is InChI=1S/C22H26N6O3S/c1-5-18(26(3)4)21-24-25-22(27(21)17-9-7-6-8-10-17)32-14-20(29)23-16-12-11-15(2)19(13-16)28(30)31/h6-13,18H,5,14H2,1-4H3,(H,23,29)/t18-/m1/s1. The molecule has 0 fully saturated rings. The number of thioether (sulfide) groups is 1. The van der Waals surface area contributed by atoms with E-state index in [0.717, 1.165) is 17.9 Å². The monoisotopic (exact) mass is 454 g/mol. The number of nitro benzene ring substituents is 1. The Bertz CT molecular complexity index is 1100. The van der Waals surface area contributed by atoms with Crippen molar-refractivity contribution >= 4 is 29.0 Å². The molecule has 1 N–H and O–H groups in total. The predicted molar refractivity (Wildman–Crippen MR) is 125 cm³/mol. The second-order valence-electron chi connectivity index (χ2n) is 7.49. The summed E-state index contributed by atoms with van der Waals surface area (Å²) in [5.74, 6) is 0.614. The van der Waals surface area contributed by atoms with Crippen LogP contribution in [0.2, 0.25) is 0 Å². The molecule has 9 nitrogen and oxygen atoms in total. The van der Waals surface area contributed by atoms with Gasteiger partial charge >= 0.3 is 0 Å². The molecule has 3 rings (SSSR count). The summed E-state index contributed by atoms with van der Waals surface area (Å²) in [7, 11) is 4.00. The number of amides is 1. The zero-order chi connectivity index (χ0) is 23.3. The number of aromatic nitrogens is 3. The minimum absolute atomic E-state index is 0.0294. The first-order chi connectivity index (χ1) is 15.3. The molecule has 168 valence electrons. The van der Waals surface area contributed by atoms with Gasteiger partial charge in [0.15, 0.2) is 11.0 Å². The number of benzene rings is 2. The van der Waals surface area contributed by atoms with E-state index in [9.17, 15) is 14.9 Å². The van der Waals surface area contributed by atoms with Crippen molar-refractivity contribution < 1.29 is 9.72 Å². The van der Waals surface area contributed by atoms with Crippen molar-refractivity contribution in [2.75, 3.05) is 25.2 Å². The highest BCUT2D eigenvalue weighted by Crippen LogP contribution is 2.29. The SMILES string of the molecule is CC[C@H](c1nnc(SCC(=O)Nc2ccc(C)c([N+](=O)[O-])c2)n1-c1ccccc1)N(C)C. The molecule has 0 bridgehead atoms. The van der Waals surface area contributed by atoms with Crippen LogP contribution in [0, 0.1) is 17.0 Å². The van der Waals surface area contributed by atoms with Crippen molar-refractivity contribution in [3.05, 3.63) is 70.0 Å². The molecule has 1 atom stereocenters. The minimum Gasteiger partial charge on any atom is -0.325 e. The number of carbonyl (C=O) groups excluding carboxylic acids is 1. The maximum absolute atomic E-state index is 12.5. The van der Waals surface area contributed by atoms with Crippen LogP contribution in [-0.4, -0.2) is 50.3 Å². The van der Waals surface area contributed by atoms with Gasteiger partial charge in [-0.1, -0.05) is 43.0 Å². The highest BCUT2D eigenvalue weighted by molar-refractivity contribution is 7.99. The third kappa shape index (κ3) is 5.32. The van der Waals surface area contributed by atoms with E-state index in [4.69, 9.17) is 0 Å². The number of aryl methyl sites for hydroxylation is 1. The third-order valence-electron chi connectivity index (χ3n) is 5.00. The molecule has 0 radical (unpaired) electrons. The molecule has 0 aliphatic heterocycles. The number of nitrogens with one attached hydrogen (secondary N) is 1. The smallest absolute Gasteiger partial charge is 0.274 e. The van der Waals surface area contributed by atoms with Crippen molar-refractivity contribution in [3.8, 4) is 5.69 Å². The van der Waals surface area contributed by atoms with Crippen molar-refractivity contribution in [1.82, 2.24) is 19.7 Å². The number of rotatable bonds is 9. The lowest BCUT2D eigenvalue weighted by atomic mass is 10.2. The second-order valence-corrected chi connectivity index (χ2v) is 8.44. The molecule has 2 aromatic carbocycles. The van der Waals surface area contributed by atoms with Crippen LogP contribution < -0.4 is 5.32 Å². The van der Waals surface area contributed by atoms with Gasteiger partial charge in [0, 0.05) is 23.0 Å². The maximum atomic E-state index is 12.5. The Labute approximate surface area is 191 Å². The summed E-state index contributed by atoms with van der Waals surface area (Å²) in [4.78, 5) is 25.3. The Kier molecular flexibility index (Phi) is 7.60. The largest absolute Gasteiger partial charge is 0.325 e. The van der Waals surface area contributed by atoms with Gasteiger partial charge in [-0.05, 0) is 45.6 Å². The van der Waals surface area contributed by atoms with Crippen LogP contribution in [0.15, 0.2) is 53.7 Å². The van der Waals surface area contributed by atoms with Crippen LogP contribution in [0.25, 0.3) is 5.69 Å². The van der Waals surface area contributed by atoms with Gasteiger partial charge in [0.05, 0.1) is 16.7 Å². The summed E-state index contributed by atoms with van der Waals surface area (Å²) in [6.45, 7) is 3.75. The number of anilines is 1. The number of hydrogen-bond donors (Lipinski definition) is 1. The minimum atomic E-state index is -0.460. The number of hydrogen-bond acceptors (Lipinski definition) is 7. The average Bonchev–Trinajstić information content (AvgIpc) is 3.18. The lowest BCUT2D eigenvalue weighted by Crippen LogP contribution is -2.23. The molecule has 0 spiro atoms. The molecular weight excluding hydrogens is 428 g/mol. The Morgan fingerprint density at radius 3 is 2.56 bits per heavy atom. The Hall–Kier alpha value is -3.24. The highest BCUT2D eigenvalue weighted by atomic mass is 32.2. The van der Waals surface area contributed by atoms with Gasteiger partial charge in [0.2, 0.25) is 5.91 Å². The van der Waals surface area contributed by atoms with E-state index in [1.54, 1.807) is 19.1 Å². The lowest BCUT2D eigenvalue weighted by molar-refractivity contribution is -0.385. The van der Waals surface area contributed by atoms with Gasteiger partial charge < -0.3 is 5.32 Å². The van der Waals surface area contributed by atoms with Gasteiger partial charge in [0.1, 0.15) is 0 Å². The number of para-hydroxylation sites is 1. The van der Waals surface area contributed by atoms with E-state index in [1.165, 1.54) is 17.8 Å². The molecular formula is C22H26N6O3S. The highest BCUT2D eigenvalue weighted by Gasteiger charge is 2.23. The van der Waals surface area contributed by atoms with Gasteiger partial charge in [-0.25, -0.2) is 0 Å². The second kappa shape index (κ2) is 10.4. The number of carbonyl (C=O) groups is 1. The summed E-state index contributed by atoms with van der Waals surface area (Å²) >= 11 is 1.27. The van der Waals surface area contributed by atoms with Crippen LogP contribution in [0.4, 0.5) is 11.4 Å². The molecule has 0 unspecified atom stereocenters. The fourth-order valence-electron chi connectivity index (χ4n) is 3.40. The van der Waals surface area contributed by atoms with Gasteiger partial charge in [-0.2, -0.15) is 0 Å². The first kappa shape index (κ1) is 23.4. The number of nitro groups is 1. The Morgan fingerprint density at radius 1 is 1.22 bits per heavy atom. The van der Waals surface area contributed by atoms with E-state index < -0.39 is 4.92 Å². The topological polar surface area (TPSA) is 106 Å². The van der Waals surface area contributed by atoms with E-state index in [2.05, 4.69) is 27.3 Å². The Morgan fingerprint density at radius 2 is 1.94 bits per heavy atom. The summed E-state index contributed by atoms with van der Waals surface area (Å²) in [5, 5.41) is 23.3. The van der Waals surface area contributed by atoms with Crippen LogP contribution in [0.5, 0.6) is 0 Å². The molecule has 0 aliphatic carbocycles. The van der Waals surface area contributed by atoms with Gasteiger partial charge in [-0.15, -0.1) is 10.2 Å². The van der Waals surface area contributed by atoms with Crippen molar-refractivity contribution in [1.29, 1.82) is 0 Å². The molecule has 10 heteroatoms. The fourth-order valence-corrected chi connectivity index (χ4v) is 4.16. The van der Waals surface area contributed by atoms with Crippen LogP contribution in [0.1, 0.15) is 30.8 Å². The third-order valence-corrected chi connectivity index (χ3v) is 5.93. The fraction of sp³-hybridized carbons (Fsp3) is 0.318. The zero-order valence-corrected chi connectivity index (χ0v) is 19.3. The van der Waals surface area contributed by atoms with Gasteiger partial charge in [-0.3, -0.25) is 24.4 Å². The Balaban J connectivity index is 1.80. The molecule has 1 aromatic heterocycles. The molecule has 32 heavy (non-hydrogen) atoms. The lowest BCUT2D eigenvalue weighted by Gasteiger charge is -2.23. The molecule has 0 saturated heterocycles. The molecule has 1 amide bonds. The predicted octanol–water partition coefficient (Wildman–Crippen LogP) is 4.23. The summed E-state index contributed by atoms with van der Waals surface area (Å²) in [6.07, 6.45) is 0.856. The van der Waals surface area contributed by atoms with Crippen molar-refractivity contribution in [2.45, 2.75) is 31.5 Å². The van der Waals surface area contributed by atoms with E-state index in [-0.39, 0.29) is 23.4 Å². The molecule has 3 aromatic rings. The van der Waals surface area contributed by atoms with Gasteiger partial charge in [0.25, 0.3) is 5.69 Å².